The predicted octanol–water partition coefficient (Wildman–Crippen LogP) is 3.27. The molecule has 5 rings (SSSR count). The lowest BCUT2D eigenvalue weighted by atomic mass is 9.91. The zero-order valence-corrected chi connectivity index (χ0v) is 19.7. The molecule has 1 atom stereocenters. The molecule has 0 unspecified atom stereocenters. The second-order valence-electron chi connectivity index (χ2n) is 8.23. The number of methoxy groups -OCH3 is 1. The minimum Gasteiger partial charge on any atom is -0.497 e. The highest BCUT2D eigenvalue weighted by molar-refractivity contribution is 7.90. The molecule has 4 aromatic rings. The van der Waals surface area contributed by atoms with Crippen molar-refractivity contribution in [3.63, 3.8) is 0 Å². The number of hydrogen-bond donors (Lipinski definition) is 2. The summed E-state index contributed by atoms with van der Waals surface area (Å²) in [6, 6.07) is 21.4. The van der Waals surface area contributed by atoms with Gasteiger partial charge in [-0.3, -0.25) is 9.59 Å². The van der Waals surface area contributed by atoms with E-state index in [9.17, 15) is 18.0 Å². The van der Waals surface area contributed by atoms with Crippen molar-refractivity contribution < 1.29 is 22.7 Å². The summed E-state index contributed by atoms with van der Waals surface area (Å²) >= 11 is 0. The van der Waals surface area contributed by atoms with E-state index in [0.29, 0.717) is 10.1 Å². The summed E-state index contributed by atoms with van der Waals surface area (Å²) < 4.78 is 31.5. The Kier molecular flexibility index (Phi) is 5.78. The molecule has 9 heteroatoms. The fraction of sp³-hybridized carbons (Fsp3) is 0.154. The molecule has 0 bridgehead atoms. The number of amides is 2. The fourth-order valence-corrected chi connectivity index (χ4v) is 5.94. The van der Waals surface area contributed by atoms with E-state index < -0.39 is 28.4 Å². The predicted molar refractivity (Wildman–Crippen MR) is 131 cm³/mol. The van der Waals surface area contributed by atoms with E-state index in [1.165, 1.54) is 12.1 Å². The summed E-state index contributed by atoms with van der Waals surface area (Å²) in [6.45, 7) is -0.374. The van der Waals surface area contributed by atoms with Gasteiger partial charge < -0.3 is 15.0 Å². The maximum Gasteiger partial charge on any atom is 0.269 e. The second-order valence-corrected chi connectivity index (χ2v) is 10.1. The number of fused-ring (bicyclic) bond motifs is 2. The smallest absolute Gasteiger partial charge is 0.269 e. The number of benzene rings is 3. The first-order chi connectivity index (χ1) is 16.9. The van der Waals surface area contributed by atoms with Crippen LogP contribution in [0, 0.1) is 0 Å². The van der Waals surface area contributed by atoms with Crippen molar-refractivity contribution in [3.8, 4) is 5.75 Å². The molecular weight excluding hydrogens is 466 g/mol. The molecular formula is C26H23N3O5S. The lowest BCUT2D eigenvalue weighted by molar-refractivity contribution is -0.121. The molecule has 0 radical (unpaired) electrons. The molecule has 3 aromatic carbocycles. The van der Waals surface area contributed by atoms with Gasteiger partial charge in [-0.15, -0.1) is 0 Å². The van der Waals surface area contributed by atoms with Gasteiger partial charge in [0.05, 0.1) is 12.7 Å². The summed E-state index contributed by atoms with van der Waals surface area (Å²) in [4.78, 5) is 28.7. The van der Waals surface area contributed by atoms with Crippen LogP contribution in [0.4, 0.5) is 0 Å². The number of aromatic nitrogens is 1. The second kappa shape index (κ2) is 8.92. The van der Waals surface area contributed by atoms with E-state index in [1.54, 1.807) is 19.2 Å². The average Bonchev–Trinajstić information content (AvgIpc) is 3.38. The number of rotatable bonds is 7. The molecule has 0 saturated carbocycles. The third-order valence-corrected chi connectivity index (χ3v) is 8.00. The van der Waals surface area contributed by atoms with Gasteiger partial charge in [-0.25, -0.2) is 12.7 Å². The lowest BCUT2D eigenvalue weighted by Gasteiger charge is -2.20. The van der Waals surface area contributed by atoms with E-state index >= 15 is 0 Å². The van der Waals surface area contributed by atoms with Gasteiger partial charge in [-0.1, -0.05) is 42.5 Å². The SMILES string of the molecule is COc1ccc([C@H](CNC(=O)CN2C(=O)c3ccccc3S2(=O)=O)c2c[nH]c3ccccc23)cc1. The van der Waals surface area contributed by atoms with Gasteiger partial charge >= 0.3 is 0 Å². The topological polar surface area (TPSA) is 109 Å². The minimum absolute atomic E-state index is 0.0762. The molecule has 0 aliphatic carbocycles. The van der Waals surface area contributed by atoms with Gasteiger partial charge in [-0.05, 0) is 41.5 Å². The first kappa shape index (κ1) is 22.7. The lowest BCUT2D eigenvalue weighted by Crippen LogP contribution is -2.41. The maximum atomic E-state index is 12.9. The van der Waals surface area contributed by atoms with E-state index in [2.05, 4.69) is 10.3 Å². The van der Waals surface area contributed by atoms with Crippen molar-refractivity contribution in [1.29, 1.82) is 0 Å². The normalized spacial score (nSPS) is 15.1. The summed E-state index contributed by atoms with van der Waals surface area (Å²) in [5.41, 5.74) is 2.99. The highest BCUT2D eigenvalue weighted by Gasteiger charge is 2.41. The van der Waals surface area contributed by atoms with E-state index in [1.807, 2.05) is 54.7 Å². The van der Waals surface area contributed by atoms with E-state index in [-0.39, 0.29) is 22.9 Å². The Hall–Kier alpha value is -4.11. The van der Waals surface area contributed by atoms with Crippen LogP contribution in [0.25, 0.3) is 10.9 Å². The van der Waals surface area contributed by atoms with Gasteiger partial charge in [0.15, 0.2) is 0 Å². The van der Waals surface area contributed by atoms with Crippen molar-refractivity contribution in [2.75, 3.05) is 20.2 Å². The molecule has 1 aliphatic rings. The van der Waals surface area contributed by atoms with E-state index in [4.69, 9.17) is 4.74 Å². The number of carbonyl (C=O) groups excluding carboxylic acids is 2. The third-order valence-electron chi connectivity index (χ3n) is 6.22. The number of nitrogens with one attached hydrogen (secondary N) is 2. The molecule has 35 heavy (non-hydrogen) atoms. The van der Waals surface area contributed by atoms with Crippen LogP contribution in [-0.2, 0) is 14.8 Å². The third kappa shape index (κ3) is 4.04. The number of carbonyl (C=O) groups is 2. The minimum atomic E-state index is -4.06. The van der Waals surface area contributed by atoms with Crippen molar-refractivity contribution in [2.45, 2.75) is 10.8 Å². The molecule has 2 heterocycles. The van der Waals surface area contributed by atoms with Crippen molar-refractivity contribution in [1.82, 2.24) is 14.6 Å². The van der Waals surface area contributed by atoms with Gasteiger partial charge in [-0.2, -0.15) is 0 Å². The van der Waals surface area contributed by atoms with Crippen LogP contribution in [-0.4, -0.2) is 49.7 Å². The molecule has 1 aromatic heterocycles. The molecule has 0 fully saturated rings. The van der Waals surface area contributed by atoms with Crippen LogP contribution in [0.1, 0.15) is 27.4 Å². The molecule has 1 aliphatic heterocycles. The molecule has 178 valence electrons. The molecule has 2 amide bonds. The summed E-state index contributed by atoms with van der Waals surface area (Å²) in [5, 5.41) is 3.86. The van der Waals surface area contributed by atoms with E-state index in [0.717, 1.165) is 22.0 Å². The Morgan fingerprint density at radius 1 is 1.03 bits per heavy atom. The molecule has 8 nitrogen and oxygen atoms in total. The number of sulfonamides is 1. The first-order valence-corrected chi connectivity index (χ1v) is 12.5. The van der Waals surface area contributed by atoms with Crippen LogP contribution in [0.5, 0.6) is 5.75 Å². The Labute approximate surface area is 202 Å². The molecule has 2 N–H and O–H groups in total. The fourth-order valence-electron chi connectivity index (χ4n) is 4.42. The standard InChI is InChI=1S/C26H23N3O5S/c1-34-18-12-10-17(11-13-18)21(22-15-27-23-8-4-2-6-19(22)23)14-28-25(30)16-29-26(31)20-7-3-5-9-24(20)35(29,32)33/h2-13,15,21,27H,14,16H2,1H3,(H,28,30)/t21-/m0/s1. The monoisotopic (exact) mass is 489 g/mol. The Bertz CT molecular complexity index is 1530. The number of nitrogens with zero attached hydrogens (tertiary/aromatic N) is 1. The quantitative estimate of drug-likeness (QED) is 0.414. The first-order valence-electron chi connectivity index (χ1n) is 11.0. The van der Waals surface area contributed by atoms with Crippen LogP contribution < -0.4 is 10.1 Å². The summed E-state index contributed by atoms with van der Waals surface area (Å²) in [5.74, 6) is -0.760. The Morgan fingerprint density at radius 3 is 2.49 bits per heavy atom. The van der Waals surface area contributed by atoms with Gasteiger partial charge in [0, 0.05) is 29.6 Å². The van der Waals surface area contributed by atoms with Gasteiger partial charge in [0.25, 0.3) is 15.9 Å². The Balaban J connectivity index is 1.38. The van der Waals surface area contributed by atoms with Crippen LogP contribution >= 0.6 is 0 Å². The number of ether oxygens (including phenoxy) is 1. The van der Waals surface area contributed by atoms with Gasteiger partial charge in [0.2, 0.25) is 5.91 Å². The molecule has 0 spiro atoms. The molecule has 0 saturated heterocycles. The number of para-hydroxylation sites is 1. The van der Waals surface area contributed by atoms with Crippen molar-refractivity contribution in [2.24, 2.45) is 0 Å². The van der Waals surface area contributed by atoms with Crippen LogP contribution in [0.2, 0.25) is 0 Å². The largest absolute Gasteiger partial charge is 0.497 e. The van der Waals surface area contributed by atoms with Gasteiger partial charge in [0.1, 0.15) is 17.2 Å². The number of hydrogen-bond acceptors (Lipinski definition) is 5. The average molecular weight is 490 g/mol. The number of aromatic amines is 1. The zero-order chi connectivity index (χ0) is 24.6. The van der Waals surface area contributed by atoms with Crippen molar-refractivity contribution in [3.05, 3.63) is 95.7 Å². The highest BCUT2D eigenvalue weighted by Crippen LogP contribution is 2.32. The summed E-state index contributed by atoms with van der Waals surface area (Å²) in [6.07, 6.45) is 1.91. The van der Waals surface area contributed by atoms with Crippen LogP contribution in [0.15, 0.2) is 83.9 Å². The van der Waals surface area contributed by atoms with Crippen LogP contribution in [0.3, 0.4) is 0 Å². The number of H-pyrrole nitrogens is 1. The zero-order valence-electron chi connectivity index (χ0n) is 18.9. The maximum absolute atomic E-state index is 12.9. The highest BCUT2D eigenvalue weighted by atomic mass is 32.2. The van der Waals surface area contributed by atoms with Crippen molar-refractivity contribution >= 4 is 32.7 Å². The summed E-state index contributed by atoms with van der Waals surface area (Å²) in [7, 11) is -2.46. The Morgan fingerprint density at radius 2 is 1.74 bits per heavy atom.